The van der Waals surface area contributed by atoms with E-state index in [1.807, 2.05) is 0 Å². The van der Waals surface area contributed by atoms with Crippen LogP contribution in [0.15, 0.2) is 0 Å². The molecule has 3 nitrogen and oxygen atoms in total. The summed E-state index contributed by atoms with van der Waals surface area (Å²) in [6, 6.07) is 0.319. The fourth-order valence-electron chi connectivity index (χ4n) is 2.65. The summed E-state index contributed by atoms with van der Waals surface area (Å²) in [6.07, 6.45) is 2.61. The van der Waals surface area contributed by atoms with Crippen molar-refractivity contribution in [2.24, 2.45) is 11.8 Å². The van der Waals surface area contributed by atoms with Crippen molar-refractivity contribution in [2.75, 3.05) is 40.3 Å². The molecule has 0 aromatic carbocycles. The van der Waals surface area contributed by atoms with Gasteiger partial charge in [-0.05, 0) is 51.9 Å². The standard InChI is InChI=1S/C13H28N2O/c1-11(2)13(10-16)15(4)9-12-5-7-14(3)8-6-12/h11-13,16H,5-10H2,1-4H3. The van der Waals surface area contributed by atoms with Crippen LogP contribution in [0, 0.1) is 11.8 Å². The number of hydrogen-bond acceptors (Lipinski definition) is 3. The zero-order chi connectivity index (χ0) is 12.1. The predicted molar refractivity (Wildman–Crippen MR) is 68.6 cm³/mol. The van der Waals surface area contributed by atoms with E-state index in [0.29, 0.717) is 12.0 Å². The van der Waals surface area contributed by atoms with Crippen LogP contribution < -0.4 is 0 Å². The Hall–Kier alpha value is -0.120. The molecule has 1 aliphatic rings. The predicted octanol–water partition coefficient (Wildman–Crippen LogP) is 1.28. The van der Waals surface area contributed by atoms with Crippen molar-refractivity contribution in [1.29, 1.82) is 0 Å². The Bertz CT molecular complexity index is 188. The number of hydrogen-bond donors (Lipinski definition) is 1. The molecular formula is C13H28N2O. The third-order valence-electron chi connectivity index (χ3n) is 3.91. The molecule has 1 aliphatic heterocycles. The third-order valence-corrected chi connectivity index (χ3v) is 3.91. The Labute approximate surface area is 100 Å². The Morgan fingerprint density at radius 2 is 1.88 bits per heavy atom. The first-order valence-corrected chi connectivity index (χ1v) is 6.54. The maximum atomic E-state index is 9.39. The van der Waals surface area contributed by atoms with Crippen LogP contribution in [0.5, 0.6) is 0 Å². The Morgan fingerprint density at radius 1 is 1.31 bits per heavy atom. The molecule has 1 saturated heterocycles. The summed E-state index contributed by atoms with van der Waals surface area (Å²) in [6.45, 7) is 8.24. The second-order valence-electron chi connectivity index (χ2n) is 5.68. The molecule has 96 valence electrons. The molecule has 0 aromatic heterocycles. The van der Waals surface area contributed by atoms with E-state index in [-0.39, 0.29) is 6.61 Å². The van der Waals surface area contributed by atoms with Gasteiger partial charge in [0, 0.05) is 12.6 Å². The topological polar surface area (TPSA) is 26.7 Å². The molecule has 1 fully saturated rings. The number of likely N-dealkylation sites (tertiary alicyclic amines) is 1. The van der Waals surface area contributed by atoms with Crippen LogP contribution in [0.1, 0.15) is 26.7 Å². The first-order valence-electron chi connectivity index (χ1n) is 6.54. The average molecular weight is 228 g/mol. The van der Waals surface area contributed by atoms with Gasteiger partial charge in [-0.3, -0.25) is 0 Å². The number of aliphatic hydroxyl groups excluding tert-OH is 1. The zero-order valence-corrected chi connectivity index (χ0v) is 11.3. The lowest BCUT2D eigenvalue weighted by atomic mass is 9.95. The molecule has 16 heavy (non-hydrogen) atoms. The number of likely N-dealkylation sites (N-methyl/N-ethyl adjacent to an activating group) is 1. The highest BCUT2D eigenvalue weighted by Crippen LogP contribution is 2.19. The van der Waals surface area contributed by atoms with Gasteiger partial charge in [0.05, 0.1) is 6.61 Å². The normalized spacial score (nSPS) is 21.9. The summed E-state index contributed by atoms with van der Waals surface area (Å²) in [5, 5.41) is 9.39. The second-order valence-corrected chi connectivity index (χ2v) is 5.68. The van der Waals surface area contributed by atoms with E-state index < -0.39 is 0 Å². The maximum Gasteiger partial charge on any atom is 0.0589 e. The van der Waals surface area contributed by atoms with Gasteiger partial charge in [0.2, 0.25) is 0 Å². The van der Waals surface area contributed by atoms with Crippen molar-refractivity contribution < 1.29 is 5.11 Å². The monoisotopic (exact) mass is 228 g/mol. The summed E-state index contributed by atoms with van der Waals surface area (Å²) in [4.78, 5) is 4.75. The van der Waals surface area contributed by atoms with Gasteiger partial charge in [0.25, 0.3) is 0 Å². The van der Waals surface area contributed by atoms with E-state index in [4.69, 9.17) is 0 Å². The molecule has 0 saturated carbocycles. The summed E-state index contributed by atoms with van der Waals surface area (Å²) in [7, 11) is 4.35. The molecule has 0 aliphatic carbocycles. The molecule has 0 radical (unpaired) electrons. The SMILES string of the molecule is CC(C)C(CO)N(C)CC1CCN(C)CC1. The molecule has 0 spiro atoms. The molecule has 1 atom stereocenters. The molecule has 1 rings (SSSR count). The van der Waals surface area contributed by atoms with Crippen molar-refractivity contribution in [3.8, 4) is 0 Å². The quantitative estimate of drug-likeness (QED) is 0.768. The zero-order valence-electron chi connectivity index (χ0n) is 11.3. The summed E-state index contributed by atoms with van der Waals surface area (Å²) in [5.41, 5.74) is 0. The first kappa shape index (κ1) is 13.9. The smallest absolute Gasteiger partial charge is 0.0589 e. The Kier molecular flexibility index (Phi) is 5.73. The van der Waals surface area contributed by atoms with Crippen LogP contribution in [0.3, 0.4) is 0 Å². The van der Waals surface area contributed by atoms with E-state index in [9.17, 15) is 5.11 Å². The van der Waals surface area contributed by atoms with Gasteiger partial charge >= 0.3 is 0 Å². The lowest BCUT2D eigenvalue weighted by Gasteiger charge is -2.35. The molecule has 0 bridgehead atoms. The fourth-order valence-corrected chi connectivity index (χ4v) is 2.65. The van der Waals surface area contributed by atoms with E-state index in [1.165, 1.54) is 25.9 Å². The summed E-state index contributed by atoms with van der Waals surface area (Å²) in [5.74, 6) is 1.34. The molecule has 1 heterocycles. The van der Waals surface area contributed by atoms with E-state index in [0.717, 1.165) is 12.5 Å². The molecule has 1 N–H and O–H groups in total. The average Bonchev–Trinajstić information content (AvgIpc) is 2.22. The Morgan fingerprint density at radius 3 is 2.31 bits per heavy atom. The van der Waals surface area contributed by atoms with Gasteiger partial charge in [0.1, 0.15) is 0 Å². The lowest BCUT2D eigenvalue weighted by molar-refractivity contribution is 0.0850. The molecule has 0 aromatic rings. The maximum absolute atomic E-state index is 9.39. The van der Waals surface area contributed by atoms with Crippen LogP contribution in [-0.2, 0) is 0 Å². The van der Waals surface area contributed by atoms with E-state index >= 15 is 0 Å². The highest BCUT2D eigenvalue weighted by Gasteiger charge is 2.23. The van der Waals surface area contributed by atoms with Crippen LogP contribution in [-0.4, -0.2) is 61.3 Å². The van der Waals surface area contributed by atoms with Crippen LogP contribution in [0.25, 0.3) is 0 Å². The van der Waals surface area contributed by atoms with Gasteiger partial charge in [-0.25, -0.2) is 0 Å². The van der Waals surface area contributed by atoms with Crippen LogP contribution in [0.2, 0.25) is 0 Å². The van der Waals surface area contributed by atoms with Gasteiger partial charge in [-0.1, -0.05) is 13.8 Å². The van der Waals surface area contributed by atoms with E-state index in [1.54, 1.807) is 0 Å². The molecule has 0 amide bonds. The molecule has 3 heteroatoms. The number of piperidine rings is 1. The van der Waals surface area contributed by atoms with Crippen molar-refractivity contribution in [2.45, 2.75) is 32.7 Å². The summed E-state index contributed by atoms with van der Waals surface area (Å²) >= 11 is 0. The van der Waals surface area contributed by atoms with Crippen LogP contribution >= 0.6 is 0 Å². The highest BCUT2D eigenvalue weighted by atomic mass is 16.3. The molecule has 1 unspecified atom stereocenters. The first-order chi connectivity index (χ1) is 7.54. The summed E-state index contributed by atoms with van der Waals surface area (Å²) < 4.78 is 0. The molecular weight excluding hydrogens is 200 g/mol. The largest absolute Gasteiger partial charge is 0.395 e. The lowest BCUT2D eigenvalue weighted by Crippen LogP contribution is -2.43. The number of aliphatic hydroxyl groups is 1. The van der Waals surface area contributed by atoms with Crippen molar-refractivity contribution in [3.63, 3.8) is 0 Å². The minimum absolute atomic E-state index is 0.279. The minimum Gasteiger partial charge on any atom is -0.395 e. The third kappa shape index (κ3) is 4.04. The van der Waals surface area contributed by atoms with Crippen LogP contribution in [0.4, 0.5) is 0 Å². The minimum atomic E-state index is 0.279. The number of rotatable bonds is 5. The Balaban J connectivity index is 2.35. The van der Waals surface area contributed by atoms with Crippen molar-refractivity contribution in [3.05, 3.63) is 0 Å². The van der Waals surface area contributed by atoms with Crippen molar-refractivity contribution in [1.82, 2.24) is 9.80 Å². The second kappa shape index (κ2) is 6.58. The fraction of sp³-hybridized carbons (Fsp3) is 1.00. The number of nitrogens with zero attached hydrogens (tertiary/aromatic N) is 2. The highest BCUT2D eigenvalue weighted by molar-refractivity contribution is 4.77. The van der Waals surface area contributed by atoms with E-state index in [2.05, 4.69) is 37.7 Å². The van der Waals surface area contributed by atoms with Crippen molar-refractivity contribution >= 4 is 0 Å². The van der Waals surface area contributed by atoms with Gasteiger partial charge in [-0.2, -0.15) is 0 Å². The van der Waals surface area contributed by atoms with Gasteiger partial charge < -0.3 is 14.9 Å². The van der Waals surface area contributed by atoms with Gasteiger partial charge in [-0.15, -0.1) is 0 Å². The van der Waals surface area contributed by atoms with Gasteiger partial charge in [0.15, 0.2) is 0 Å².